The van der Waals surface area contributed by atoms with Gasteiger partial charge < -0.3 is 15.9 Å². The Morgan fingerprint density at radius 1 is 0.833 bits per heavy atom. The molecule has 0 aromatic rings. The molecule has 0 spiro atoms. The molecule has 0 fully saturated rings. The fourth-order valence-electron chi connectivity index (χ4n) is 2.35. The molecule has 0 atom stereocenters. The Morgan fingerprint density at radius 3 is 1.67 bits per heavy atom. The van der Waals surface area contributed by atoms with Crippen LogP contribution in [0.1, 0.15) is 96.8 Å². The Labute approximate surface area is 149 Å². The first-order chi connectivity index (χ1) is 11.7. The van der Waals surface area contributed by atoms with Gasteiger partial charge in [-0.2, -0.15) is 0 Å². The Morgan fingerprint density at radius 2 is 1.25 bits per heavy atom. The van der Waals surface area contributed by atoms with Crippen LogP contribution in [0.25, 0.3) is 0 Å². The smallest absolute Gasteiger partial charge is 0.303 e. The summed E-state index contributed by atoms with van der Waals surface area (Å²) in [5.41, 5.74) is 4.78. The van der Waals surface area contributed by atoms with Gasteiger partial charge in [0.15, 0.2) is 0 Å². The molecule has 0 aromatic carbocycles. The average Bonchev–Trinajstić information content (AvgIpc) is 2.58. The van der Waals surface area contributed by atoms with Crippen molar-refractivity contribution >= 4 is 5.97 Å². The number of aliphatic hydroxyl groups excluding tert-OH is 1. The van der Waals surface area contributed by atoms with E-state index in [1.807, 2.05) is 0 Å². The molecule has 0 rings (SSSR count). The summed E-state index contributed by atoms with van der Waals surface area (Å²) in [6, 6.07) is 0. The van der Waals surface area contributed by atoms with Crippen molar-refractivity contribution in [2.45, 2.75) is 96.8 Å². The summed E-state index contributed by atoms with van der Waals surface area (Å²) in [6.45, 7) is 2.73. The first-order valence-corrected chi connectivity index (χ1v) is 9.86. The third-order valence-corrected chi connectivity index (χ3v) is 3.78. The van der Waals surface area contributed by atoms with Crippen LogP contribution < -0.4 is 5.73 Å². The van der Waals surface area contributed by atoms with Crippen LogP contribution in [0.5, 0.6) is 0 Å². The van der Waals surface area contributed by atoms with Crippen molar-refractivity contribution in [1.29, 1.82) is 0 Å². The molecular weight excluding hydrogens is 302 g/mol. The summed E-state index contributed by atoms with van der Waals surface area (Å²) in [5.74, 6) is -0.664. The van der Waals surface area contributed by atoms with Crippen LogP contribution in [0, 0.1) is 0 Å². The van der Waals surface area contributed by atoms with E-state index in [1.165, 1.54) is 70.6 Å². The highest BCUT2D eigenvalue weighted by atomic mass is 16.4. The van der Waals surface area contributed by atoms with Crippen LogP contribution in [0.15, 0.2) is 12.2 Å². The predicted molar refractivity (Wildman–Crippen MR) is 103 cm³/mol. The summed E-state index contributed by atoms with van der Waals surface area (Å²) in [6.07, 6.45) is 21.2. The molecule has 0 bridgehead atoms. The van der Waals surface area contributed by atoms with Gasteiger partial charge in [0.25, 0.3) is 0 Å². The quantitative estimate of drug-likeness (QED) is 0.270. The van der Waals surface area contributed by atoms with Gasteiger partial charge in [-0.15, -0.1) is 0 Å². The summed E-state index contributed by atoms with van der Waals surface area (Å²) in [7, 11) is 0. The molecule has 0 aliphatic rings. The molecular formula is C20H41NO3. The number of hydrogen-bond acceptors (Lipinski definition) is 3. The second-order valence-corrected chi connectivity index (χ2v) is 6.24. The minimum atomic E-state index is -0.664. The summed E-state index contributed by atoms with van der Waals surface area (Å²) in [5, 5.41) is 16.3. The maximum Gasteiger partial charge on any atom is 0.303 e. The van der Waals surface area contributed by atoms with Gasteiger partial charge in [-0.1, -0.05) is 70.4 Å². The van der Waals surface area contributed by atoms with E-state index in [0.29, 0.717) is 13.0 Å². The van der Waals surface area contributed by atoms with Crippen molar-refractivity contribution < 1.29 is 15.0 Å². The lowest BCUT2D eigenvalue weighted by Gasteiger charge is -1.99. The molecule has 0 saturated heterocycles. The maximum atomic E-state index is 10.3. The number of carboxylic acid groups (broad SMARTS) is 1. The second kappa shape index (κ2) is 24.4. The van der Waals surface area contributed by atoms with Crippen LogP contribution in [-0.4, -0.2) is 29.3 Å². The van der Waals surface area contributed by atoms with E-state index in [1.54, 1.807) is 0 Å². The fraction of sp³-hybridized carbons (Fsp3) is 0.850. The molecule has 4 N–H and O–H groups in total. The van der Waals surface area contributed by atoms with E-state index >= 15 is 0 Å². The van der Waals surface area contributed by atoms with Gasteiger partial charge >= 0.3 is 5.97 Å². The Balaban J connectivity index is 0. The monoisotopic (exact) mass is 343 g/mol. The van der Waals surface area contributed by atoms with Gasteiger partial charge in [0, 0.05) is 13.0 Å². The van der Waals surface area contributed by atoms with Crippen molar-refractivity contribution in [3.05, 3.63) is 12.2 Å². The van der Waals surface area contributed by atoms with E-state index in [-0.39, 0.29) is 6.61 Å². The van der Waals surface area contributed by atoms with Gasteiger partial charge in [-0.25, -0.2) is 0 Å². The molecule has 0 heterocycles. The number of rotatable bonds is 16. The van der Waals surface area contributed by atoms with Crippen LogP contribution >= 0.6 is 0 Å². The van der Waals surface area contributed by atoms with Gasteiger partial charge in [0.1, 0.15) is 0 Å². The minimum Gasteiger partial charge on any atom is -0.481 e. The molecule has 144 valence electrons. The van der Waals surface area contributed by atoms with Crippen molar-refractivity contribution in [3.63, 3.8) is 0 Å². The molecule has 24 heavy (non-hydrogen) atoms. The molecule has 0 amide bonds. The molecule has 4 heteroatoms. The zero-order valence-corrected chi connectivity index (χ0v) is 15.8. The molecule has 4 nitrogen and oxygen atoms in total. The largest absolute Gasteiger partial charge is 0.481 e. The predicted octanol–water partition coefficient (Wildman–Crippen LogP) is 5.05. The fourth-order valence-corrected chi connectivity index (χ4v) is 2.35. The number of carboxylic acids is 1. The first-order valence-electron chi connectivity index (χ1n) is 9.86. The summed E-state index contributed by atoms with van der Waals surface area (Å²) in [4.78, 5) is 10.3. The Kier molecular flexibility index (Phi) is 25.8. The molecule has 0 unspecified atom stereocenters. The normalized spacial score (nSPS) is 10.6. The number of hydrogen-bond donors (Lipinski definition) is 3. The number of unbranched alkanes of at least 4 members (excludes halogenated alkanes) is 11. The topological polar surface area (TPSA) is 83.5 Å². The van der Waals surface area contributed by atoms with E-state index < -0.39 is 5.97 Å². The third-order valence-electron chi connectivity index (χ3n) is 3.78. The van der Waals surface area contributed by atoms with Crippen LogP contribution in [0.3, 0.4) is 0 Å². The van der Waals surface area contributed by atoms with Crippen LogP contribution in [0.2, 0.25) is 0 Å². The van der Waals surface area contributed by atoms with Gasteiger partial charge in [-0.3, -0.25) is 4.79 Å². The Hall–Kier alpha value is -0.870. The van der Waals surface area contributed by atoms with Crippen molar-refractivity contribution in [2.24, 2.45) is 5.73 Å². The highest BCUT2D eigenvalue weighted by molar-refractivity contribution is 5.66. The van der Waals surface area contributed by atoms with E-state index in [2.05, 4.69) is 19.1 Å². The van der Waals surface area contributed by atoms with Crippen molar-refractivity contribution in [2.75, 3.05) is 13.2 Å². The highest BCUT2D eigenvalue weighted by Crippen LogP contribution is 2.09. The Bertz CT molecular complexity index is 266. The van der Waals surface area contributed by atoms with E-state index in [4.69, 9.17) is 15.9 Å². The lowest BCUT2D eigenvalue weighted by Crippen LogP contribution is -2.02. The molecule has 0 aliphatic heterocycles. The van der Waals surface area contributed by atoms with Gasteiger partial charge in [-0.05, 0) is 32.1 Å². The van der Waals surface area contributed by atoms with Crippen LogP contribution in [-0.2, 0) is 4.79 Å². The SMILES string of the molecule is CCCCCCCC/C=C\CCCCCCCC(=O)O.NCCO. The summed E-state index contributed by atoms with van der Waals surface area (Å²) >= 11 is 0. The van der Waals surface area contributed by atoms with Gasteiger partial charge in [0.2, 0.25) is 0 Å². The van der Waals surface area contributed by atoms with Crippen molar-refractivity contribution in [3.8, 4) is 0 Å². The minimum absolute atomic E-state index is 0.0972. The van der Waals surface area contributed by atoms with Gasteiger partial charge in [0.05, 0.1) is 6.61 Å². The molecule has 0 radical (unpaired) electrons. The van der Waals surface area contributed by atoms with E-state index in [0.717, 1.165) is 12.8 Å². The molecule has 0 aromatic heterocycles. The lowest BCUT2D eigenvalue weighted by atomic mass is 10.1. The molecule has 0 saturated carbocycles. The second-order valence-electron chi connectivity index (χ2n) is 6.24. The third kappa shape index (κ3) is 29.2. The highest BCUT2D eigenvalue weighted by Gasteiger charge is 1.95. The number of allylic oxidation sites excluding steroid dienone is 2. The number of carbonyl (C=O) groups is 1. The zero-order chi connectivity index (χ0) is 18.3. The van der Waals surface area contributed by atoms with E-state index in [9.17, 15) is 4.79 Å². The number of aliphatic hydroxyl groups is 1. The average molecular weight is 344 g/mol. The first kappa shape index (κ1) is 25.4. The number of aliphatic carboxylic acids is 1. The van der Waals surface area contributed by atoms with Crippen LogP contribution in [0.4, 0.5) is 0 Å². The molecule has 0 aliphatic carbocycles. The van der Waals surface area contributed by atoms with Crippen molar-refractivity contribution in [1.82, 2.24) is 0 Å². The lowest BCUT2D eigenvalue weighted by molar-refractivity contribution is -0.137. The summed E-state index contributed by atoms with van der Waals surface area (Å²) < 4.78 is 0. The number of nitrogens with two attached hydrogens (primary N) is 1. The maximum absolute atomic E-state index is 10.3. The standard InChI is InChI=1S/C18H34O2.C2H7NO/c1-2-3-4-5-6-7-8-9-10-11-12-13-14-15-16-17-18(19)20;3-1-2-4/h9-10H,2-8,11-17H2,1H3,(H,19,20);4H,1-3H2/b10-9-;. The zero-order valence-electron chi connectivity index (χ0n) is 15.8.